The fraction of sp³-hybridized carbons (Fsp3) is 0.429. The van der Waals surface area contributed by atoms with Crippen molar-refractivity contribution in [3.8, 4) is 0 Å². The van der Waals surface area contributed by atoms with Crippen molar-refractivity contribution in [3.63, 3.8) is 0 Å². The highest BCUT2D eigenvalue weighted by Gasteiger charge is 2.13. The van der Waals surface area contributed by atoms with Gasteiger partial charge in [-0.05, 0) is 36.6 Å². The van der Waals surface area contributed by atoms with Crippen molar-refractivity contribution in [2.75, 3.05) is 19.8 Å². The lowest BCUT2D eigenvalue weighted by molar-refractivity contribution is 0.0770. The first-order valence-electron chi connectivity index (χ1n) is 6.21. The lowest BCUT2D eigenvalue weighted by atomic mass is 10.0. The van der Waals surface area contributed by atoms with E-state index in [0.717, 1.165) is 26.2 Å². The van der Waals surface area contributed by atoms with Crippen LogP contribution in [0.3, 0.4) is 0 Å². The highest BCUT2D eigenvalue weighted by molar-refractivity contribution is 5.83. The second-order valence-electron chi connectivity index (χ2n) is 4.78. The summed E-state index contributed by atoms with van der Waals surface area (Å²) in [7, 11) is 0. The zero-order valence-electron chi connectivity index (χ0n) is 10.1. The molecular formula is C14H18N2O. The molecule has 1 fully saturated rings. The smallest absolute Gasteiger partial charge is 0.0623 e. The topological polar surface area (TPSA) is 37.0 Å². The van der Waals surface area contributed by atoms with E-state index in [9.17, 15) is 0 Å². The molecule has 0 spiro atoms. The van der Waals surface area contributed by atoms with Gasteiger partial charge in [-0.3, -0.25) is 0 Å². The Hall–Kier alpha value is -1.32. The van der Waals surface area contributed by atoms with E-state index in [1.165, 1.54) is 22.0 Å². The first-order valence-corrected chi connectivity index (χ1v) is 6.21. The summed E-state index contributed by atoms with van der Waals surface area (Å²) in [5, 5.41) is 4.82. The monoisotopic (exact) mass is 230 g/mol. The number of aromatic amines is 1. The van der Waals surface area contributed by atoms with Crippen LogP contribution in [0.25, 0.3) is 10.9 Å². The van der Waals surface area contributed by atoms with Crippen molar-refractivity contribution in [1.29, 1.82) is 0 Å². The summed E-state index contributed by atoms with van der Waals surface area (Å²) >= 11 is 0. The van der Waals surface area contributed by atoms with Crippen LogP contribution in [0.5, 0.6) is 0 Å². The molecule has 17 heavy (non-hydrogen) atoms. The van der Waals surface area contributed by atoms with Gasteiger partial charge in [0.1, 0.15) is 0 Å². The maximum atomic E-state index is 5.48. The molecule has 1 aromatic carbocycles. The van der Waals surface area contributed by atoms with Gasteiger partial charge < -0.3 is 15.0 Å². The van der Waals surface area contributed by atoms with Crippen LogP contribution in [0.15, 0.2) is 24.4 Å². The Kier molecular flexibility index (Phi) is 2.87. The number of hydrogen-bond acceptors (Lipinski definition) is 2. The number of aromatic nitrogens is 1. The molecule has 0 amide bonds. The zero-order chi connectivity index (χ0) is 11.7. The van der Waals surface area contributed by atoms with Crippen LogP contribution in [-0.2, 0) is 11.2 Å². The van der Waals surface area contributed by atoms with E-state index in [-0.39, 0.29) is 0 Å². The van der Waals surface area contributed by atoms with Crippen LogP contribution >= 0.6 is 0 Å². The molecule has 1 unspecified atom stereocenters. The highest BCUT2D eigenvalue weighted by Crippen LogP contribution is 2.20. The summed E-state index contributed by atoms with van der Waals surface area (Å²) in [6.07, 6.45) is 3.11. The SMILES string of the molecule is Cc1c[nH]c2ccc(CC3COCCN3)cc12. The van der Waals surface area contributed by atoms with E-state index >= 15 is 0 Å². The molecule has 2 N–H and O–H groups in total. The van der Waals surface area contributed by atoms with Crippen LogP contribution in [0.4, 0.5) is 0 Å². The van der Waals surface area contributed by atoms with Gasteiger partial charge in [0.25, 0.3) is 0 Å². The summed E-state index contributed by atoms with van der Waals surface area (Å²) in [5.41, 5.74) is 3.91. The normalized spacial score (nSPS) is 20.9. The van der Waals surface area contributed by atoms with E-state index < -0.39 is 0 Å². The second kappa shape index (κ2) is 4.51. The minimum absolute atomic E-state index is 0.459. The van der Waals surface area contributed by atoms with Crippen LogP contribution in [0.1, 0.15) is 11.1 Å². The number of morpholine rings is 1. The molecule has 3 rings (SSSR count). The molecule has 1 aromatic heterocycles. The lowest BCUT2D eigenvalue weighted by Crippen LogP contribution is -2.42. The fourth-order valence-corrected chi connectivity index (χ4v) is 2.47. The molecule has 0 aliphatic carbocycles. The summed E-state index contributed by atoms with van der Waals surface area (Å²) in [6, 6.07) is 7.12. The average Bonchev–Trinajstić information content (AvgIpc) is 2.73. The predicted octanol–water partition coefficient (Wildman–Crippen LogP) is 2.01. The van der Waals surface area contributed by atoms with E-state index in [1.807, 2.05) is 0 Å². The standard InChI is InChI=1S/C14H18N2O/c1-10-8-16-14-3-2-11(7-13(10)14)6-12-9-17-5-4-15-12/h2-3,7-8,12,15-16H,4-6,9H2,1H3. The van der Waals surface area contributed by atoms with Crippen molar-refractivity contribution in [3.05, 3.63) is 35.5 Å². The molecule has 3 heteroatoms. The third-order valence-electron chi connectivity index (χ3n) is 3.43. The molecular weight excluding hydrogens is 212 g/mol. The van der Waals surface area contributed by atoms with Gasteiger partial charge in [0.05, 0.1) is 13.2 Å². The van der Waals surface area contributed by atoms with Gasteiger partial charge in [0.2, 0.25) is 0 Å². The van der Waals surface area contributed by atoms with Gasteiger partial charge in [-0.2, -0.15) is 0 Å². The quantitative estimate of drug-likeness (QED) is 0.828. The fourth-order valence-electron chi connectivity index (χ4n) is 2.47. The Bertz CT molecular complexity index is 512. The van der Waals surface area contributed by atoms with Crippen molar-refractivity contribution < 1.29 is 4.74 Å². The molecule has 0 saturated carbocycles. The number of ether oxygens (including phenoxy) is 1. The van der Waals surface area contributed by atoms with Gasteiger partial charge in [0.15, 0.2) is 0 Å². The van der Waals surface area contributed by atoms with Crippen LogP contribution < -0.4 is 5.32 Å². The number of aryl methyl sites for hydroxylation is 1. The highest BCUT2D eigenvalue weighted by atomic mass is 16.5. The number of benzene rings is 1. The van der Waals surface area contributed by atoms with Gasteiger partial charge in [-0.25, -0.2) is 0 Å². The Balaban J connectivity index is 1.82. The lowest BCUT2D eigenvalue weighted by Gasteiger charge is -2.23. The largest absolute Gasteiger partial charge is 0.379 e. The van der Waals surface area contributed by atoms with Crippen LogP contribution in [-0.4, -0.2) is 30.8 Å². The van der Waals surface area contributed by atoms with Crippen molar-refractivity contribution in [1.82, 2.24) is 10.3 Å². The van der Waals surface area contributed by atoms with Gasteiger partial charge >= 0.3 is 0 Å². The predicted molar refractivity (Wildman–Crippen MR) is 69.3 cm³/mol. The molecule has 2 aromatic rings. The van der Waals surface area contributed by atoms with E-state index in [2.05, 4.69) is 41.6 Å². The summed E-state index contributed by atoms with van der Waals surface area (Å²) in [4.78, 5) is 3.28. The van der Waals surface area contributed by atoms with Crippen LogP contribution in [0, 0.1) is 6.92 Å². The molecule has 1 saturated heterocycles. The van der Waals surface area contributed by atoms with E-state index in [4.69, 9.17) is 4.74 Å². The first-order chi connectivity index (χ1) is 8.33. The van der Waals surface area contributed by atoms with Crippen molar-refractivity contribution in [2.24, 2.45) is 0 Å². The maximum Gasteiger partial charge on any atom is 0.0623 e. The maximum absolute atomic E-state index is 5.48. The Morgan fingerprint density at radius 1 is 1.41 bits per heavy atom. The Labute approximate surface area is 101 Å². The molecule has 2 heterocycles. The number of hydrogen-bond donors (Lipinski definition) is 2. The third-order valence-corrected chi connectivity index (χ3v) is 3.43. The summed E-state index contributed by atoms with van der Waals surface area (Å²) in [6.45, 7) is 4.78. The zero-order valence-corrected chi connectivity index (χ0v) is 10.1. The minimum atomic E-state index is 0.459. The Morgan fingerprint density at radius 3 is 3.18 bits per heavy atom. The average molecular weight is 230 g/mol. The van der Waals surface area contributed by atoms with E-state index in [1.54, 1.807) is 0 Å². The summed E-state index contributed by atoms with van der Waals surface area (Å²) in [5.74, 6) is 0. The van der Waals surface area contributed by atoms with Gasteiger partial charge in [0, 0.05) is 29.7 Å². The molecule has 1 aliphatic rings. The number of nitrogens with one attached hydrogen (secondary N) is 2. The molecule has 1 aliphatic heterocycles. The number of rotatable bonds is 2. The molecule has 1 atom stereocenters. The molecule has 90 valence electrons. The summed E-state index contributed by atoms with van der Waals surface area (Å²) < 4.78 is 5.48. The first kappa shape index (κ1) is 10.8. The van der Waals surface area contributed by atoms with Crippen LogP contribution in [0.2, 0.25) is 0 Å². The van der Waals surface area contributed by atoms with Gasteiger partial charge in [-0.1, -0.05) is 6.07 Å². The van der Waals surface area contributed by atoms with Gasteiger partial charge in [-0.15, -0.1) is 0 Å². The van der Waals surface area contributed by atoms with Crippen molar-refractivity contribution >= 4 is 10.9 Å². The number of H-pyrrole nitrogens is 1. The van der Waals surface area contributed by atoms with Crippen molar-refractivity contribution in [2.45, 2.75) is 19.4 Å². The molecule has 3 nitrogen and oxygen atoms in total. The third kappa shape index (κ3) is 2.21. The minimum Gasteiger partial charge on any atom is -0.379 e. The Morgan fingerprint density at radius 2 is 2.35 bits per heavy atom. The number of fused-ring (bicyclic) bond motifs is 1. The van der Waals surface area contributed by atoms with E-state index in [0.29, 0.717) is 6.04 Å². The molecule has 0 radical (unpaired) electrons. The molecule has 0 bridgehead atoms. The second-order valence-corrected chi connectivity index (χ2v) is 4.78.